The van der Waals surface area contributed by atoms with E-state index in [0.29, 0.717) is 44.9 Å². The molecule has 0 aliphatic heterocycles. The summed E-state index contributed by atoms with van der Waals surface area (Å²) < 4.78 is 4.92. The van der Waals surface area contributed by atoms with Crippen molar-refractivity contribution in [3.63, 3.8) is 0 Å². The zero-order valence-electron chi connectivity index (χ0n) is 19.3. The van der Waals surface area contributed by atoms with Gasteiger partial charge in [-0.3, -0.25) is 4.79 Å². The van der Waals surface area contributed by atoms with Crippen LogP contribution in [0.3, 0.4) is 0 Å². The monoisotopic (exact) mass is 464 g/mol. The summed E-state index contributed by atoms with van der Waals surface area (Å²) in [5, 5.41) is 49.0. The molecule has 1 aromatic rings. The van der Waals surface area contributed by atoms with Gasteiger partial charge in [0.1, 0.15) is 6.10 Å². The fraction of sp³-hybridized carbons (Fsp3) is 0.654. The van der Waals surface area contributed by atoms with Crippen molar-refractivity contribution in [2.75, 3.05) is 13.2 Å². The maximum atomic E-state index is 11.6. The van der Waals surface area contributed by atoms with Crippen molar-refractivity contribution in [2.24, 2.45) is 11.8 Å². The molecule has 1 fully saturated rings. The lowest BCUT2D eigenvalue weighted by Gasteiger charge is -2.23. The van der Waals surface area contributed by atoms with Crippen LogP contribution < -0.4 is 0 Å². The van der Waals surface area contributed by atoms with Crippen LogP contribution in [-0.4, -0.2) is 69.1 Å². The predicted octanol–water partition coefficient (Wildman–Crippen LogP) is 2.13. The summed E-state index contributed by atoms with van der Waals surface area (Å²) >= 11 is 0. The lowest BCUT2D eigenvalue weighted by atomic mass is 9.85. The standard InChI is InChI=1S/C26H40O7/c27-17-21(18-28)33-26(32)11-7-2-1-6-10-22-23(25(31)16-24(22)30)15-14-20(29)13-12-19-8-4-3-5-9-19/h1,3-6,8-9,20-25,27-31H,2,7,10-18H2/b6-1-/t20-,22+,23+,24-,25+/m0/s1. The number of allylic oxidation sites excluding steroid dienone is 2. The average Bonchev–Trinajstić information content (AvgIpc) is 3.09. The predicted molar refractivity (Wildman–Crippen MR) is 125 cm³/mol. The molecular formula is C26H40O7. The average molecular weight is 465 g/mol. The summed E-state index contributed by atoms with van der Waals surface area (Å²) in [5.41, 5.74) is 1.20. The zero-order chi connectivity index (χ0) is 24.1. The highest BCUT2D eigenvalue weighted by molar-refractivity contribution is 5.69. The molecule has 0 bridgehead atoms. The number of aryl methyl sites for hydroxylation is 1. The summed E-state index contributed by atoms with van der Waals surface area (Å²) in [6.07, 6.45) is 6.80. The van der Waals surface area contributed by atoms with Crippen LogP contribution >= 0.6 is 0 Å². The van der Waals surface area contributed by atoms with Crippen LogP contribution in [0.4, 0.5) is 0 Å². The minimum atomic E-state index is -0.864. The molecule has 1 aliphatic rings. The number of unbranched alkanes of at least 4 members (excludes halogenated alkanes) is 1. The lowest BCUT2D eigenvalue weighted by molar-refractivity contribution is -0.153. The number of ether oxygens (including phenoxy) is 1. The number of rotatable bonds is 15. The minimum absolute atomic E-state index is 0.0418. The maximum absolute atomic E-state index is 11.6. The molecule has 5 atom stereocenters. The van der Waals surface area contributed by atoms with E-state index in [1.165, 1.54) is 5.56 Å². The SMILES string of the molecule is O=C(CCC/C=C\C[C@@H]1[C@@H](CC[C@@H](O)CCc2ccccc2)[C@H](O)C[C@@H]1O)OC(CO)CO. The Morgan fingerprint density at radius 2 is 1.73 bits per heavy atom. The summed E-state index contributed by atoms with van der Waals surface area (Å²) in [6, 6.07) is 10.1. The second-order valence-electron chi connectivity index (χ2n) is 9.03. The molecule has 5 N–H and O–H groups in total. The third kappa shape index (κ3) is 9.94. The van der Waals surface area contributed by atoms with E-state index in [2.05, 4.69) is 12.1 Å². The van der Waals surface area contributed by atoms with Gasteiger partial charge < -0.3 is 30.3 Å². The Bertz CT molecular complexity index is 689. The molecule has 7 nitrogen and oxygen atoms in total. The fourth-order valence-electron chi connectivity index (χ4n) is 4.53. The van der Waals surface area contributed by atoms with Crippen molar-refractivity contribution in [3.8, 4) is 0 Å². The molecule has 1 aromatic carbocycles. The molecule has 0 spiro atoms. The molecular weight excluding hydrogens is 424 g/mol. The van der Waals surface area contributed by atoms with E-state index < -0.39 is 43.6 Å². The quantitative estimate of drug-likeness (QED) is 0.153. The molecule has 1 saturated carbocycles. The van der Waals surface area contributed by atoms with Crippen LogP contribution in [0.25, 0.3) is 0 Å². The molecule has 0 heterocycles. The highest BCUT2D eigenvalue weighted by Gasteiger charge is 2.40. The fourth-order valence-corrected chi connectivity index (χ4v) is 4.53. The normalized spacial score (nSPS) is 23.9. The number of aliphatic hydroxyl groups excluding tert-OH is 5. The van der Waals surface area contributed by atoms with Crippen LogP contribution in [0.2, 0.25) is 0 Å². The Hall–Kier alpha value is -1.77. The van der Waals surface area contributed by atoms with Gasteiger partial charge in [-0.05, 0) is 68.8 Å². The Balaban J connectivity index is 1.69. The highest BCUT2D eigenvalue weighted by atomic mass is 16.6. The smallest absolute Gasteiger partial charge is 0.306 e. The number of benzene rings is 1. The molecule has 0 saturated heterocycles. The first kappa shape index (κ1) is 27.5. The topological polar surface area (TPSA) is 127 Å². The highest BCUT2D eigenvalue weighted by Crippen LogP contribution is 2.38. The Morgan fingerprint density at radius 3 is 2.42 bits per heavy atom. The van der Waals surface area contributed by atoms with Gasteiger partial charge in [-0.15, -0.1) is 0 Å². The van der Waals surface area contributed by atoms with Crippen molar-refractivity contribution < 1.29 is 35.1 Å². The van der Waals surface area contributed by atoms with Crippen LogP contribution in [0.15, 0.2) is 42.5 Å². The second kappa shape index (κ2) is 15.2. The first-order valence-corrected chi connectivity index (χ1v) is 12.1. The van der Waals surface area contributed by atoms with E-state index in [0.717, 1.165) is 6.42 Å². The van der Waals surface area contributed by atoms with Crippen LogP contribution in [0.5, 0.6) is 0 Å². The molecule has 0 unspecified atom stereocenters. The molecule has 0 radical (unpaired) electrons. The molecule has 33 heavy (non-hydrogen) atoms. The Labute approximate surface area is 196 Å². The van der Waals surface area contributed by atoms with Crippen LogP contribution in [0.1, 0.15) is 56.9 Å². The Kier molecular flexibility index (Phi) is 12.6. The summed E-state index contributed by atoms with van der Waals surface area (Å²) in [6.45, 7) is -0.800. The van der Waals surface area contributed by atoms with Gasteiger partial charge in [-0.1, -0.05) is 42.5 Å². The molecule has 0 aromatic heterocycles. The molecule has 186 valence electrons. The van der Waals surface area contributed by atoms with Crippen molar-refractivity contribution in [1.29, 1.82) is 0 Å². The van der Waals surface area contributed by atoms with Gasteiger partial charge in [0.05, 0.1) is 31.5 Å². The van der Waals surface area contributed by atoms with E-state index >= 15 is 0 Å². The first-order chi connectivity index (χ1) is 15.9. The third-order valence-corrected chi connectivity index (χ3v) is 6.50. The van der Waals surface area contributed by atoms with Gasteiger partial charge in [0.2, 0.25) is 0 Å². The van der Waals surface area contributed by atoms with Crippen molar-refractivity contribution in [2.45, 2.75) is 82.2 Å². The number of esters is 1. The summed E-state index contributed by atoms with van der Waals surface area (Å²) in [5.74, 6) is -0.533. The Morgan fingerprint density at radius 1 is 1.03 bits per heavy atom. The number of aliphatic hydroxyl groups is 5. The van der Waals surface area contributed by atoms with E-state index in [1.54, 1.807) is 0 Å². The summed E-state index contributed by atoms with van der Waals surface area (Å²) in [4.78, 5) is 11.6. The lowest BCUT2D eigenvalue weighted by Crippen LogP contribution is -2.25. The van der Waals surface area contributed by atoms with Gasteiger partial charge in [0.25, 0.3) is 0 Å². The molecule has 1 aliphatic carbocycles. The van der Waals surface area contributed by atoms with E-state index in [1.807, 2.05) is 30.4 Å². The van der Waals surface area contributed by atoms with Crippen molar-refractivity contribution in [3.05, 3.63) is 48.0 Å². The largest absolute Gasteiger partial charge is 0.457 e. The summed E-state index contributed by atoms with van der Waals surface area (Å²) in [7, 11) is 0. The minimum Gasteiger partial charge on any atom is -0.457 e. The number of hydrogen-bond donors (Lipinski definition) is 5. The number of carbonyl (C=O) groups is 1. The van der Waals surface area contributed by atoms with E-state index in [4.69, 9.17) is 14.9 Å². The third-order valence-electron chi connectivity index (χ3n) is 6.50. The van der Waals surface area contributed by atoms with Gasteiger partial charge in [0.15, 0.2) is 0 Å². The van der Waals surface area contributed by atoms with Gasteiger partial charge >= 0.3 is 5.97 Å². The number of carbonyl (C=O) groups excluding carboxylic acids is 1. The van der Waals surface area contributed by atoms with Gasteiger partial charge in [-0.25, -0.2) is 0 Å². The molecule has 7 heteroatoms. The van der Waals surface area contributed by atoms with E-state index in [-0.39, 0.29) is 18.3 Å². The second-order valence-corrected chi connectivity index (χ2v) is 9.03. The zero-order valence-corrected chi connectivity index (χ0v) is 19.3. The molecule has 0 amide bonds. The van der Waals surface area contributed by atoms with E-state index in [9.17, 15) is 20.1 Å². The van der Waals surface area contributed by atoms with Gasteiger partial charge in [-0.2, -0.15) is 0 Å². The maximum Gasteiger partial charge on any atom is 0.306 e. The number of hydrogen-bond acceptors (Lipinski definition) is 7. The van der Waals surface area contributed by atoms with Crippen LogP contribution in [0, 0.1) is 11.8 Å². The van der Waals surface area contributed by atoms with Crippen LogP contribution in [-0.2, 0) is 16.0 Å². The first-order valence-electron chi connectivity index (χ1n) is 12.1. The van der Waals surface area contributed by atoms with Gasteiger partial charge in [0, 0.05) is 6.42 Å². The van der Waals surface area contributed by atoms with Crippen molar-refractivity contribution >= 4 is 5.97 Å². The van der Waals surface area contributed by atoms with Crippen molar-refractivity contribution in [1.82, 2.24) is 0 Å². The molecule has 2 rings (SSSR count).